The molecule has 1 aliphatic heterocycles. The maximum absolute atomic E-state index is 13.0. The van der Waals surface area contributed by atoms with Crippen LogP contribution in [0.1, 0.15) is 54.1 Å². The van der Waals surface area contributed by atoms with Crippen LogP contribution in [0.25, 0.3) is 0 Å². The highest BCUT2D eigenvalue weighted by atomic mass is 79.9. The second kappa shape index (κ2) is 7.85. The first-order valence-electron chi connectivity index (χ1n) is 9.58. The zero-order chi connectivity index (χ0) is 18.8. The number of rotatable bonds is 5. The third-order valence-corrected chi connectivity index (χ3v) is 6.16. The van der Waals surface area contributed by atoms with Crippen molar-refractivity contribution in [3.05, 3.63) is 64.1 Å². The van der Waals surface area contributed by atoms with E-state index >= 15 is 0 Å². The predicted molar refractivity (Wildman–Crippen MR) is 110 cm³/mol. The van der Waals surface area contributed by atoms with Crippen molar-refractivity contribution in [1.29, 1.82) is 0 Å². The lowest BCUT2D eigenvalue weighted by Crippen LogP contribution is -2.36. The van der Waals surface area contributed by atoms with Crippen LogP contribution in [-0.2, 0) is 4.79 Å². The maximum atomic E-state index is 13.0. The Morgan fingerprint density at radius 2 is 1.89 bits per heavy atom. The molecule has 5 heteroatoms. The molecular formula is C22H23BrN2O2. The molecule has 1 saturated heterocycles. The largest absolute Gasteiger partial charge is 0.345 e. The summed E-state index contributed by atoms with van der Waals surface area (Å²) in [4.78, 5) is 26.7. The highest BCUT2D eigenvalue weighted by molar-refractivity contribution is 9.10. The van der Waals surface area contributed by atoms with Crippen LogP contribution in [0.15, 0.2) is 53.0 Å². The second-order valence-electron chi connectivity index (χ2n) is 7.39. The maximum Gasteiger partial charge on any atom is 0.251 e. The average Bonchev–Trinajstić information content (AvgIpc) is 3.06. The molecule has 1 atom stereocenters. The molecule has 1 saturated carbocycles. The molecular weight excluding hydrogens is 404 g/mol. The summed E-state index contributed by atoms with van der Waals surface area (Å²) in [5.41, 5.74) is 2.56. The Morgan fingerprint density at radius 1 is 1.11 bits per heavy atom. The molecule has 140 valence electrons. The Morgan fingerprint density at radius 3 is 2.52 bits per heavy atom. The zero-order valence-electron chi connectivity index (χ0n) is 15.2. The Bertz CT molecular complexity index is 846. The average molecular weight is 427 g/mol. The molecule has 0 bridgehead atoms. The summed E-state index contributed by atoms with van der Waals surface area (Å²) in [6.07, 6.45) is 4.97. The summed E-state index contributed by atoms with van der Waals surface area (Å²) in [7, 11) is 0. The number of anilines is 1. The lowest BCUT2D eigenvalue weighted by Gasteiger charge is -2.34. The van der Waals surface area contributed by atoms with E-state index in [4.69, 9.17) is 0 Å². The number of carbonyl (C=O) groups is 2. The summed E-state index contributed by atoms with van der Waals surface area (Å²) < 4.78 is 1.04. The van der Waals surface area contributed by atoms with Crippen LogP contribution >= 0.6 is 15.9 Å². The van der Waals surface area contributed by atoms with Gasteiger partial charge in [0.05, 0.1) is 6.04 Å². The van der Waals surface area contributed by atoms with Gasteiger partial charge in [-0.25, -0.2) is 0 Å². The molecule has 0 spiro atoms. The minimum Gasteiger partial charge on any atom is -0.345 e. The monoisotopic (exact) mass is 426 g/mol. The van der Waals surface area contributed by atoms with Crippen LogP contribution < -0.4 is 10.2 Å². The molecule has 2 aliphatic rings. The normalized spacial score (nSPS) is 18.3. The zero-order valence-corrected chi connectivity index (χ0v) is 16.7. The third kappa shape index (κ3) is 3.93. The molecule has 1 N–H and O–H groups in total. The number of benzene rings is 2. The first-order chi connectivity index (χ1) is 13.1. The molecule has 2 aromatic carbocycles. The summed E-state index contributed by atoms with van der Waals surface area (Å²) >= 11 is 3.48. The number of halogens is 1. The fourth-order valence-electron chi connectivity index (χ4n) is 3.88. The van der Waals surface area contributed by atoms with Gasteiger partial charge in [0.1, 0.15) is 0 Å². The molecule has 27 heavy (non-hydrogen) atoms. The Labute approximate surface area is 168 Å². The quantitative estimate of drug-likeness (QED) is 0.742. The van der Waals surface area contributed by atoms with Crippen molar-refractivity contribution in [3.63, 3.8) is 0 Å². The van der Waals surface area contributed by atoms with Gasteiger partial charge in [-0.15, -0.1) is 0 Å². The lowest BCUT2D eigenvalue weighted by atomic mass is 9.77. The molecule has 4 nitrogen and oxygen atoms in total. The summed E-state index contributed by atoms with van der Waals surface area (Å²) in [5, 5.41) is 3.24. The minimum absolute atomic E-state index is 0.0245. The summed E-state index contributed by atoms with van der Waals surface area (Å²) in [6.45, 7) is 0.730. The number of amides is 2. The fourth-order valence-corrected chi connectivity index (χ4v) is 4.14. The highest BCUT2D eigenvalue weighted by Crippen LogP contribution is 2.38. The molecule has 4 rings (SSSR count). The van der Waals surface area contributed by atoms with E-state index in [2.05, 4.69) is 33.4 Å². The van der Waals surface area contributed by atoms with Gasteiger partial charge < -0.3 is 10.2 Å². The first kappa shape index (κ1) is 18.2. The van der Waals surface area contributed by atoms with Crippen molar-refractivity contribution >= 4 is 33.4 Å². The highest BCUT2D eigenvalue weighted by Gasteiger charge is 2.30. The molecule has 0 aromatic heterocycles. The second-order valence-corrected chi connectivity index (χ2v) is 8.31. The van der Waals surface area contributed by atoms with Gasteiger partial charge in [0.15, 0.2) is 0 Å². The van der Waals surface area contributed by atoms with Crippen molar-refractivity contribution in [2.24, 2.45) is 5.92 Å². The van der Waals surface area contributed by atoms with Crippen LogP contribution in [0.3, 0.4) is 0 Å². The molecule has 2 fully saturated rings. The van der Waals surface area contributed by atoms with Gasteiger partial charge in [-0.2, -0.15) is 0 Å². The first-order valence-corrected chi connectivity index (χ1v) is 10.4. The smallest absolute Gasteiger partial charge is 0.251 e. The summed E-state index contributed by atoms with van der Waals surface area (Å²) in [5.74, 6) is 0.538. The third-order valence-electron chi connectivity index (χ3n) is 5.63. The van der Waals surface area contributed by atoms with E-state index in [1.54, 1.807) is 4.90 Å². The van der Waals surface area contributed by atoms with Crippen LogP contribution in [-0.4, -0.2) is 18.4 Å². The Balaban J connectivity index is 1.54. The predicted octanol–water partition coefficient (Wildman–Crippen LogP) is 4.85. The number of nitrogens with one attached hydrogen (secondary N) is 1. The molecule has 2 aromatic rings. The van der Waals surface area contributed by atoms with Gasteiger partial charge in [-0.3, -0.25) is 9.59 Å². The van der Waals surface area contributed by atoms with E-state index in [1.807, 2.05) is 36.4 Å². The standard InChI is InChI=1S/C22H23BrN2O2/c23-18-11-9-16(10-12-18)21(15-4-1-5-15)24-22(27)17-6-2-7-19(14-17)25-13-3-8-20(25)26/h2,6-7,9-12,14-15,21H,1,3-5,8,13H2,(H,24,27). The van der Waals surface area contributed by atoms with Crippen LogP contribution in [0.2, 0.25) is 0 Å². The van der Waals surface area contributed by atoms with Crippen molar-refractivity contribution in [3.8, 4) is 0 Å². The van der Waals surface area contributed by atoms with Gasteiger partial charge in [0, 0.05) is 28.7 Å². The Kier molecular flexibility index (Phi) is 5.30. The van der Waals surface area contributed by atoms with Gasteiger partial charge in [-0.1, -0.05) is 40.5 Å². The molecule has 1 unspecified atom stereocenters. The van der Waals surface area contributed by atoms with Crippen LogP contribution in [0.4, 0.5) is 5.69 Å². The summed E-state index contributed by atoms with van der Waals surface area (Å²) in [6, 6.07) is 15.6. The van der Waals surface area contributed by atoms with Crippen molar-refractivity contribution in [2.75, 3.05) is 11.4 Å². The SMILES string of the molecule is O=C(NC(c1ccc(Br)cc1)C1CCC1)c1cccc(N2CCCC2=O)c1. The Hall–Kier alpha value is -2.14. The van der Waals surface area contributed by atoms with Gasteiger partial charge in [0.25, 0.3) is 5.91 Å². The van der Waals surface area contributed by atoms with Crippen molar-refractivity contribution in [2.45, 2.75) is 38.1 Å². The molecule has 0 radical (unpaired) electrons. The van der Waals surface area contributed by atoms with Gasteiger partial charge in [-0.05, 0) is 61.1 Å². The van der Waals surface area contributed by atoms with Crippen molar-refractivity contribution < 1.29 is 9.59 Å². The van der Waals surface area contributed by atoms with Crippen molar-refractivity contribution in [1.82, 2.24) is 5.32 Å². The molecule has 1 aliphatic carbocycles. The van der Waals surface area contributed by atoms with E-state index in [1.165, 1.54) is 6.42 Å². The van der Waals surface area contributed by atoms with E-state index < -0.39 is 0 Å². The number of hydrogen-bond donors (Lipinski definition) is 1. The number of nitrogens with zero attached hydrogens (tertiary/aromatic N) is 1. The molecule has 1 heterocycles. The lowest BCUT2D eigenvalue weighted by molar-refractivity contribution is -0.117. The van der Waals surface area contributed by atoms with Gasteiger partial charge in [0.2, 0.25) is 5.91 Å². The van der Waals surface area contributed by atoms with E-state index in [0.29, 0.717) is 17.9 Å². The topological polar surface area (TPSA) is 49.4 Å². The van der Waals surface area contributed by atoms with Crippen LogP contribution in [0.5, 0.6) is 0 Å². The minimum atomic E-state index is -0.0803. The number of hydrogen-bond acceptors (Lipinski definition) is 2. The van der Waals surface area contributed by atoms with E-state index in [0.717, 1.165) is 41.5 Å². The van der Waals surface area contributed by atoms with Gasteiger partial charge >= 0.3 is 0 Å². The fraction of sp³-hybridized carbons (Fsp3) is 0.364. The number of carbonyl (C=O) groups excluding carboxylic acids is 2. The van der Waals surface area contributed by atoms with Crippen LogP contribution in [0, 0.1) is 5.92 Å². The molecule has 2 amide bonds. The van der Waals surface area contributed by atoms with E-state index in [9.17, 15) is 9.59 Å². The van der Waals surface area contributed by atoms with E-state index in [-0.39, 0.29) is 17.9 Å².